The van der Waals surface area contributed by atoms with Crippen molar-refractivity contribution in [3.05, 3.63) is 47.0 Å². The van der Waals surface area contributed by atoms with Crippen LogP contribution in [0.25, 0.3) is 0 Å². The van der Waals surface area contributed by atoms with Gasteiger partial charge in [-0.05, 0) is 43.7 Å². The summed E-state index contributed by atoms with van der Waals surface area (Å²) in [6.07, 6.45) is 0. The minimum absolute atomic E-state index is 0.0768. The number of hydrogen-bond acceptors (Lipinski definition) is 4. The molecule has 0 fully saturated rings. The number of carbonyl (C=O) groups is 1. The van der Waals surface area contributed by atoms with E-state index < -0.39 is 5.97 Å². The Morgan fingerprint density at radius 3 is 2.63 bits per heavy atom. The van der Waals surface area contributed by atoms with Gasteiger partial charge in [0, 0.05) is 5.69 Å². The van der Waals surface area contributed by atoms with Crippen molar-refractivity contribution in [2.45, 2.75) is 13.8 Å². The minimum Gasteiger partial charge on any atom is -0.477 e. The maximum atomic E-state index is 13.0. The summed E-state index contributed by atoms with van der Waals surface area (Å²) in [5, 5.41) is 8.90. The van der Waals surface area contributed by atoms with Crippen LogP contribution in [0.2, 0.25) is 0 Å². The van der Waals surface area contributed by atoms with E-state index in [9.17, 15) is 9.18 Å². The molecule has 0 aliphatic rings. The predicted octanol–water partition coefficient (Wildman–Crippen LogP) is 2.72. The van der Waals surface area contributed by atoms with Crippen molar-refractivity contribution in [3.63, 3.8) is 0 Å². The molecule has 0 spiro atoms. The van der Waals surface area contributed by atoms with Crippen molar-refractivity contribution in [1.82, 2.24) is 9.97 Å². The van der Waals surface area contributed by atoms with Gasteiger partial charge in [0.2, 0.25) is 0 Å². The monoisotopic (exact) mass is 262 g/mol. The number of aromatic carboxylic acids is 1. The Kier molecular flexibility index (Phi) is 3.41. The van der Waals surface area contributed by atoms with E-state index in [2.05, 4.69) is 9.97 Å². The first-order valence-corrected chi connectivity index (χ1v) is 5.48. The first-order chi connectivity index (χ1) is 8.95. The Hall–Kier alpha value is -2.50. The van der Waals surface area contributed by atoms with Crippen molar-refractivity contribution >= 4 is 5.97 Å². The number of rotatable bonds is 3. The van der Waals surface area contributed by atoms with Gasteiger partial charge in [0.05, 0.1) is 0 Å². The molecule has 1 N–H and O–H groups in total. The van der Waals surface area contributed by atoms with Crippen molar-refractivity contribution in [3.8, 4) is 11.8 Å². The summed E-state index contributed by atoms with van der Waals surface area (Å²) in [5.74, 6) is -1.16. The number of aryl methyl sites for hydroxylation is 2. The molecule has 0 saturated carbocycles. The minimum atomic E-state index is -1.16. The molecule has 19 heavy (non-hydrogen) atoms. The highest BCUT2D eigenvalue weighted by atomic mass is 19.1. The summed E-state index contributed by atoms with van der Waals surface area (Å²) < 4.78 is 18.3. The van der Waals surface area contributed by atoms with Gasteiger partial charge in [0.25, 0.3) is 0 Å². The van der Waals surface area contributed by atoms with E-state index in [4.69, 9.17) is 9.84 Å². The molecule has 2 aromatic rings. The van der Waals surface area contributed by atoms with Gasteiger partial charge >= 0.3 is 12.0 Å². The molecule has 5 nitrogen and oxygen atoms in total. The molecule has 1 aromatic carbocycles. The van der Waals surface area contributed by atoms with Crippen LogP contribution in [0.4, 0.5) is 4.39 Å². The summed E-state index contributed by atoms with van der Waals surface area (Å²) in [6, 6.07) is 5.26. The van der Waals surface area contributed by atoms with Gasteiger partial charge in [-0.15, -0.1) is 0 Å². The van der Waals surface area contributed by atoms with Crippen LogP contribution in [-0.2, 0) is 0 Å². The number of benzene rings is 1. The SMILES string of the molecule is Cc1cc(C(=O)O)nc(Oc2ccc(F)cc2C)n1. The van der Waals surface area contributed by atoms with Crippen molar-refractivity contribution in [2.24, 2.45) is 0 Å². The number of aromatic nitrogens is 2. The van der Waals surface area contributed by atoms with Crippen molar-refractivity contribution < 1.29 is 19.0 Å². The number of carboxylic acid groups (broad SMARTS) is 1. The molecule has 0 radical (unpaired) electrons. The van der Waals surface area contributed by atoms with Gasteiger partial charge in [-0.3, -0.25) is 0 Å². The van der Waals surface area contributed by atoms with E-state index in [1.807, 2.05) is 0 Å². The smallest absolute Gasteiger partial charge is 0.354 e. The van der Waals surface area contributed by atoms with Crippen LogP contribution in [0.5, 0.6) is 11.8 Å². The van der Waals surface area contributed by atoms with E-state index in [1.165, 1.54) is 24.3 Å². The fourth-order valence-corrected chi connectivity index (χ4v) is 1.52. The highest BCUT2D eigenvalue weighted by molar-refractivity contribution is 5.85. The second-order valence-corrected chi connectivity index (χ2v) is 3.99. The van der Waals surface area contributed by atoms with E-state index in [0.717, 1.165) is 0 Å². The Labute approximate surface area is 108 Å². The third-order valence-corrected chi connectivity index (χ3v) is 2.39. The molecule has 2 rings (SSSR count). The molecule has 0 saturated heterocycles. The van der Waals surface area contributed by atoms with E-state index >= 15 is 0 Å². The molecular weight excluding hydrogens is 251 g/mol. The Morgan fingerprint density at radius 1 is 1.26 bits per heavy atom. The first-order valence-electron chi connectivity index (χ1n) is 5.48. The fourth-order valence-electron chi connectivity index (χ4n) is 1.52. The summed E-state index contributed by atoms with van der Waals surface area (Å²) in [7, 11) is 0. The van der Waals surface area contributed by atoms with Gasteiger partial charge in [-0.2, -0.15) is 4.98 Å². The number of ether oxygens (including phenoxy) is 1. The average Bonchev–Trinajstić information content (AvgIpc) is 2.32. The molecule has 1 aromatic heterocycles. The average molecular weight is 262 g/mol. The summed E-state index contributed by atoms with van der Waals surface area (Å²) in [5.41, 5.74) is 0.895. The highest BCUT2D eigenvalue weighted by Crippen LogP contribution is 2.23. The standard InChI is InChI=1S/C13H11FN2O3/c1-7-5-9(14)3-4-11(7)19-13-15-8(2)6-10(16-13)12(17)18/h3-6H,1-2H3,(H,17,18). The van der Waals surface area contributed by atoms with Crippen LogP contribution >= 0.6 is 0 Å². The molecular formula is C13H11FN2O3. The molecule has 98 valence electrons. The number of halogens is 1. The largest absolute Gasteiger partial charge is 0.477 e. The van der Waals surface area contributed by atoms with Crippen molar-refractivity contribution in [1.29, 1.82) is 0 Å². The molecule has 0 aliphatic carbocycles. The summed E-state index contributed by atoms with van der Waals surface area (Å²) in [4.78, 5) is 18.6. The van der Waals surface area contributed by atoms with E-state index in [-0.39, 0.29) is 17.5 Å². The van der Waals surface area contributed by atoms with Crippen LogP contribution < -0.4 is 4.74 Å². The lowest BCUT2D eigenvalue weighted by atomic mass is 10.2. The quantitative estimate of drug-likeness (QED) is 0.920. The molecule has 0 atom stereocenters. The van der Waals surface area contributed by atoms with Gasteiger partial charge in [0.1, 0.15) is 11.6 Å². The Bertz CT molecular complexity index is 644. The van der Waals surface area contributed by atoms with Crippen LogP contribution in [0.1, 0.15) is 21.7 Å². The summed E-state index contributed by atoms with van der Waals surface area (Å²) in [6.45, 7) is 3.31. The Balaban J connectivity index is 2.35. The highest BCUT2D eigenvalue weighted by Gasteiger charge is 2.11. The normalized spacial score (nSPS) is 10.3. The lowest BCUT2D eigenvalue weighted by Gasteiger charge is -2.08. The van der Waals surface area contributed by atoms with E-state index in [1.54, 1.807) is 13.8 Å². The summed E-state index contributed by atoms with van der Waals surface area (Å²) >= 11 is 0. The number of hydrogen-bond donors (Lipinski definition) is 1. The van der Waals surface area contributed by atoms with Crippen LogP contribution in [0.3, 0.4) is 0 Å². The molecule has 0 bridgehead atoms. The fraction of sp³-hybridized carbons (Fsp3) is 0.154. The third-order valence-electron chi connectivity index (χ3n) is 2.39. The number of carboxylic acids is 1. The molecule has 1 heterocycles. The topological polar surface area (TPSA) is 72.3 Å². The van der Waals surface area contributed by atoms with Crippen LogP contribution in [-0.4, -0.2) is 21.0 Å². The Morgan fingerprint density at radius 2 is 2.00 bits per heavy atom. The molecule has 0 amide bonds. The molecule has 0 aliphatic heterocycles. The number of nitrogens with zero attached hydrogens (tertiary/aromatic N) is 2. The van der Waals surface area contributed by atoms with E-state index in [0.29, 0.717) is 17.0 Å². The first kappa shape index (κ1) is 12.9. The van der Waals surface area contributed by atoms with Crippen LogP contribution in [0, 0.1) is 19.7 Å². The maximum Gasteiger partial charge on any atom is 0.354 e. The maximum absolute atomic E-state index is 13.0. The zero-order valence-corrected chi connectivity index (χ0v) is 10.3. The molecule has 0 unspecified atom stereocenters. The zero-order valence-electron chi connectivity index (χ0n) is 10.3. The third kappa shape index (κ3) is 3.04. The second kappa shape index (κ2) is 5.01. The zero-order chi connectivity index (χ0) is 14.0. The second-order valence-electron chi connectivity index (χ2n) is 3.99. The molecule has 6 heteroatoms. The van der Waals surface area contributed by atoms with Crippen molar-refractivity contribution in [2.75, 3.05) is 0 Å². The predicted molar refractivity (Wildman–Crippen MR) is 64.9 cm³/mol. The lowest BCUT2D eigenvalue weighted by molar-refractivity contribution is 0.0689. The van der Waals surface area contributed by atoms with Gasteiger partial charge in [-0.25, -0.2) is 14.2 Å². The van der Waals surface area contributed by atoms with Gasteiger partial charge in [0.15, 0.2) is 5.69 Å². The van der Waals surface area contributed by atoms with Crippen LogP contribution in [0.15, 0.2) is 24.3 Å². The van der Waals surface area contributed by atoms with Gasteiger partial charge < -0.3 is 9.84 Å². The van der Waals surface area contributed by atoms with Gasteiger partial charge in [-0.1, -0.05) is 0 Å². The lowest BCUT2D eigenvalue weighted by Crippen LogP contribution is -2.04.